The fraction of sp³-hybridized carbons (Fsp3) is 0.846. The summed E-state index contributed by atoms with van der Waals surface area (Å²) in [6.07, 6.45) is 8.94. The van der Waals surface area contributed by atoms with Crippen LogP contribution in [0.2, 0.25) is 0 Å². The Morgan fingerprint density at radius 3 is 1.98 bits per heavy atom. The number of piperazine rings is 1. The first-order valence-corrected chi connectivity index (χ1v) is 19.7. The molecule has 0 radical (unpaired) electrons. The predicted molar refractivity (Wildman–Crippen MR) is 195 cm³/mol. The van der Waals surface area contributed by atoms with Gasteiger partial charge in [0.1, 0.15) is 18.1 Å². The topological polar surface area (TPSA) is 174 Å². The van der Waals surface area contributed by atoms with E-state index in [1.165, 1.54) is 0 Å². The Hall–Kier alpha value is -3.22. The number of hydrogen-bond donors (Lipinski definition) is 4. The van der Waals surface area contributed by atoms with E-state index in [4.69, 9.17) is 5.73 Å². The van der Waals surface area contributed by atoms with Gasteiger partial charge in [-0.15, -0.1) is 0 Å². The van der Waals surface area contributed by atoms with Crippen LogP contribution in [-0.4, -0.2) is 113 Å². The molecule has 0 bridgehead atoms. The van der Waals surface area contributed by atoms with Crippen molar-refractivity contribution in [2.75, 3.05) is 33.2 Å². The molecule has 0 aromatic heterocycles. The van der Waals surface area contributed by atoms with Crippen LogP contribution in [0.1, 0.15) is 113 Å². The van der Waals surface area contributed by atoms with Crippen LogP contribution in [0.25, 0.3) is 0 Å². The van der Waals surface area contributed by atoms with Crippen LogP contribution in [-0.2, 0) is 24.0 Å². The predicted octanol–water partition coefficient (Wildman–Crippen LogP) is 2.56. The second-order valence-corrected chi connectivity index (χ2v) is 19.2. The van der Waals surface area contributed by atoms with Gasteiger partial charge >= 0.3 is 6.03 Å². The Bertz CT molecular complexity index is 1490. The van der Waals surface area contributed by atoms with Crippen LogP contribution < -0.4 is 21.7 Å². The number of hydrogen-bond acceptors (Lipinski definition) is 7. The van der Waals surface area contributed by atoms with Crippen molar-refractivity contribution >= 4 is 35.4 Å². The van der Waals surface area contributed by atoms with E-state index in [0.29, 0.717) is 32.5 Å². The van der Waals surface area contributed by atoms with E-state index in [0.717, 1.165) is 57.9 Å². The average molecular weight is 726 g/mol. The molecule has 1 unspecified atom stereocenters. The van der Waals surface area contributed by atoms with Crippen molar-refractivity contribution in [3.63, 3.8) is 0 Å². The number of likely N-dealkylation sites (N-methyl/N-ethyl adjacent to an activating group) is 1. The van der Waals surface area contributed by atoms with Crippen LogP contribution in [0.3, 0.4) is 0 Å². The molecule has 4 aliphatic carbocycles. The first-order valence-electron chi connectivity index (χ1n) is 19.7. The van der Waals surface area contributed by atoms with Gasteiger partial charge in [-0.1, -0.05) is 74.1 Å². The van der Waals surface area contributed by atoms with Crippen LogP contribution in [0.5, 0.6) is 0 Å². The van der Waals surface area contributed by atoms with Gasteiger partial charge in [-0.25, -0.2) is 4.79 Å². The molecule has 13 nitrogen and oxygen atoms in total. The number of likely N-dealkylation sites (tertiary alicyclic amines) is 1. The second kappa shape index (κ2) is 13.3. The molecule has 13 heteroatoms. The average Bonchev–Trinajstić information content (AvgIpc) is 3.80. The summed E-state index contributed by atoms with van der Waals surface area (Å²) in [6, 6.07) is -4.33. The molecule has 52 heavy (non-hydrogen) atoms. The summed E-state index contributed by atoms with van der Waals surface area (Å²) in [5.74, 6) is -2.84. The number of carbonyl (C=O) groups is 6. The van der Waals surface area contributed by atoms with Crippen molar-refractivity contribution in [3.05, 3.63) is 0 Å². The number of rotatable bonds is 11. The van der Waals surface area contributed by atoms with Crippen LogP contribution >= 0.6 is 0 Å². The molecule has 5 N–H and O–H groups in total. The van der Waals surface area contributed by atoms with E-state index in [-0.39, 0.29) is 45.4 Å². The van der Waals surface area contributed by atoms with Crippen molar-refractivity contribution in [2.24, 2.45) is 39.2 Å². The number of fused-ring (bicyclic) bond motifs is 1. The van der Waals surface area contributed by atoms with Gasteiger partial charge in [-0.2, -0.15) is 0 Å². The molecular formula is C39H63N7O6. The number of ketones is 1. The molecule has 2 saturated heterocycles. The fourth-order valence-corrected chi connectivity index (χ4v) is 10.6. The molecular weight excluding hydrogens is 662 g/mol. The van der Waals surface area contributed by atoms with Crippen molar-refractivity contribution < 1.29 is 28.8 Å². The molecule has 4 saturated carbocycles. The van der Waals surface area contributed by atoms with Crippen molar-refractivity contribution in [3.8, 4) is 0 Å². The third-order valence-electron chi connectivity index (χ3n) is 14.8. The third kappa shape index (κ3) is 6.30. The third-order valence-corrected chi connectivity index (χ3v) is 14.8. The molecule has 5 atom stereocenters. The van der Waals surface area contributed by atoms with Crippen LogP contribution in [0, 0.1) is 33.5 Å². The lowest BCUT2D eigenvalue weighted by Gasteiger charge is -2.42. The number of nitrogens with zero attached hydrogens (tertiary/aromatic N) is 3. The first kappa shape index (κ1) is 38.5. The van der Waals surface area contributed by atoms with Gasteiger partial charge in [0.05, 0.1) is 6.04 Å². The zero-order valence-corrected chi connectivity index (χ0v) is 32.7. The molecule has 290 valence electrons. The number of nitrogens with two attached hydrogens (primary N) is 1. The maximum Gasteiger partial charge on any atom is 0.316 e. The largest absolute Gasteiger partial charge is 0.363 e. The smallest absolute Gasteiger partial charge is 0.316 e. The minimum absolute atomic E-state index is 0.0249. The molecule has 0 aromatic carbocycles. The van der Waals surface area contributed by atoms with Gasteiger partial charge < -0.3 is 31.5 Å². The monoisotopic (exact) mass is 725 g/mol. The van der Waals surface area contributed by atoms with Gasteiger partial charge in [0.2, 0.25) is 23.5 Å². The minimum atomic E-state index is -1.09. The first-order chi connectivity index (χ1) is 24.2. The fourth-order valence-electron chi connectivity index (χ4n) is 10.6. The number of primary amides is 1. The molecule has 3 spiro atoms. The standard InChI is InChI=1S/C39H63N7O6/c1-23(2)27(32(50)45-18-17-44(8)37(21-45)15-16-37)42-34(52)43-29(35(3,4)5)33(51)46-22-39(36(6,7)38(39)13-10-14-38)20-26(46)31(49)41-25(28(47)30(40)48)19-24-11-9-12-24/h23-27,29H,9-22H2,1-8H3,(H2,40,48)(H,41,49)(H2,42,43,52)/t25?,26-,27-,29+,39+/m0/s1. The molecule has 6 fully saturated rings. The Balaban J connectivity index is 1.22. The number of Topliss-reactive ketones (excluding diaryl/α,β-unsaturated/α-hetero) is 1. The molecule has 6 aliphatic rings. The Labute approximate surface area is 309 Å². The van der Waals surface area contributed by atoms with Crippen molar-refractivity contribution in [2.45, 2.75) is 142 Å². The number of nitrogens with one attached hydrogen (secondary N) is 3. The number of carbonyl (C=O) groups excluding carboxylic acids is 6. The highest BCUT2D eigenvalue weighted by Crippen LogP contribution is 2.88. The maximum absolute atomic E-state index is 14.8. The molecule has 0 aromatic rings. The summed E-state index contributed by atoms with van der Waals surface area (Å²) in [6.45, 7) is 16.3. The van der Waals surface area contributed by atoms with Crippen molar-refractivity contribution in [1.82, 2.24) is 30.7 Å². The number of amides is 6. The Kier molecular flexibility index (Phi) is 9.82. The summed E-state index contributed by atoms with van der Waals surface area (Å²) < 4.78 is 0. The molecule has 2 aliphatic heterocycles. The summed E-state index contributed by atoms with van der Waals surface area (Å²) in [7, 11) is 2.10. The summed E-state index contributed by atoms with van der Waals surface area (Å²) in [5, 5.41) is 8.72. The molecule has 6 amide bonds. The lowest BCUT2D eigenvalue weighted by Crippen LogP contribution is -2.63. The maximum atomic E-state index is 14.8. The zero-order valence-electron chi connectivity index (χ0n) is 32.7. The van der Waals surface area contributed by atoms with Crippen molar-refractivity contribution in [1.29, 1.82) is 0 Å². The van der Waals surface area contributed by atoms with E-state index in [9.17, 15) is 28.8 Å². The highest BCUT2D eigenvalue weighted by atomic mass is 16.2. The SMILES string of the molecule is CC(C)[C@H](NC(=O)N[C@H](C(=O)N1C[C@]2(C[C@H]1C(=O)NC(CC1CCC1)C(=O)C(N)=O)C(C)(C)C21CCC1)C(C)(C)C)C(=O)N1CCN(C)C2(CC2)C1. The molecule has 2 heterocycles. The van der Waals surface area contributed by atoms with Gasteiger partial charge in [0, 0.05) is 37.1 Å². The van der Waals surface area contributed by atoms with E-state index >= 15 is 0 Å². The van der Waals surface area contributed by atoms with Crippen LogP contribution in [0.15, 0.2) is 0 Å². The van der Waals surface area contributed by atoms with E-state index in [1.807, 2.05) is 39.5 Å². The van der Waals surface area contributed by atoms with E-state index in [2.05, 4.69) is 41.7 Å². The summed E-state index contributed by atoms with van der Waals surface area (Å²) >= 11 is 0. The molecule has 6 rings (SSSR count). The Morgan fingerprint density at radius 2 is 1.50 bits per heavy atom. The van der Waals surface area contributed by atoms with Crippen LogP contribution in [0.4, 0.5) is 4.79 Å². The lowest BCUT2D eigenvalue weighted by molar-refractivity contribution is -0.143. The normalized spacial score (nSPS) is 28.8. The summed E-state index contributed by atoms with van der Waals surface area (Å²) in [5.41, 5.74) is 4.35. The van der Waals surface area contributed by atoms with Gasteiger partial charge in [-0.3, -0.25) is 28.9 Å². The highest BCUT2D eigenvalue weighted by Gasteiger charge is 2.85. The van der Waals surface area contributed by atoms with E-state index < -0.39 is 53.2 Å². The highest BCUT2D eigenvalue weighted by molar-refractivity contribution is 6.37. The summed E-state index contributed by atoms with van der Waals surface area (Å²) in [4.78, 5) is 87.5. The minimum Gasteiger partial charge on any atom is -0.363 e. The lowest BCUT2D eigenvalue weighted by atomic mass is 9.73. The number of urea groups is 1. The Morgan fingerprint density at radius 1 is 0.846 bits per heavy atom. The quantitative estimate of drug-likeness (QED) is 0.237. The van der Waals surface area contributed by atoms with Gasteiger partial charge in [0.25, 0.3) is 5.91 Å². The van der Waals surface area contributed by atoms with Gasteiger partial charge in [-0.05, 0) is 73.7 Å². The van der Waals surface area contributed by atoms with E-state index in [1.54, 1.807) is 4.90 Å². The van der Waals surface area contributed by atoms with Gasteiger partial charge in [0.15, 0.2) is 0 Å². The zero-order chi connectivity index (χ0) is 38.2. The second-order valence-electron chi connectivity index (χ2n) is 19.2.